The summed E-state index contributed by atoms with van der Waals surface area (Å²) in [6.07, 6.45) is 5.00. The molecule has 0 radical (unpaired) electrons. The highest BCUT2D eigenvalue weighted by Gasteiger charge is 2.61. The molecule has 1 fully saturated rings. The highest BCUT2D eigenvalue weighted by atomic mass is 16.5. The van der Waals surface area contributed by atoms with Crippen molar-refractivity contribution in [3.63, 3.8) is 0 Å². The molecule has 11 rings (SSSR count). The topological polar surface area (TPSA) is 159 Å². The lowest BCUT2D eigenvalue weighted by Crippen LogP contribution is -2.53. The second kappa shape index (κ2) is 10.6. The van der Waals surface area contributed by atoms with Crippen molar-refractivity contribution in [1.29, 1.82) is 0 Å². The number of benzene rings is 3. The van der Waals surface area contributed by atoms with Gasteiger partial charge in [-0.1, -0.05) is 56.3 Å². The quantitative estimate of drug-likeness (QED) is 0.160. The molecule has 8 heterocycles. The van der Waals surface area contributed by atoms with E-state index < -0.39 is 23.7 Å². The Morgan fingerprint density at radius 3 is 2.77 bits per heavy atom. The number of para-hydroxylation sites is 1. The summed E-state index contributed by atoms with van der Waals surface area (Å²) in [4.78, 5) is 41.1. The molecule has 6 aromatic rings. The highest BCUT2D eigenvalue weighted by Crippen LogP contribution is 2.61. The van der Waals surface area contributed by atoms with Crippen LogP contribution in [0.2, 0.25) is 0 Å². The van der Waals surface area contributed by atoms with Crippen molar-refractivity contribution >= 4 is 28.4 Å². The number of hydrogen-bond acceptors (Lipinski definition) is 9. The van der Waals surface area contributed by atoms with E-state index in [0.717, 1.165) is 69.4 Å². The van der Waals surface area contributed by atoms with Crippen LogP contribution in [0.25, 0.3) is 44.9 Å². The molecule has 12 heteroatoms. The summed E-state index contributed by atoms with van der Waals surface area (Å²) in [5, 5.41) is 14.4. The Bertz CT molecular complexity index is 2490. The molecule has 52 heavy (non-hydrogen) atoms. The number of ether oxygens (including phenoxy) is 1. The summed E-state index contributed by atoms with van der Waals surface area (Å²) < 4.78 is 20.5. The minimum Gasteiger partial charge on any atom is -0.469 e. The molecule has 3 unspecified atom stereocenters. The number of nitrogens with one attached hydrogen (secondary N) is 5. The summed E-state index contributed by atoms with van der Waals surface area (Å²) in [6.45, 7) is 4.79. The van der Waals surface area contributed by atoms with Gasteiger partial charge in [0, 0.05) is 51.5 Å². The molecule has 1 saturated heterocycles. The van der Waals surface area contributed by atoms with Gasteiger partial charge in [-0.3, -0.25) is 9.59 Å². The van der Waals surface area contributed by atoms with E-state index in [0.29, 0.717) is 34.7 Å². The molecule has 0 aliphatic carbocycles. The first-order chi connectivity index (χ1) is 25.4. The number of rotatable bonds is 3. The van der Waals surface area contributed by atoms with E-state index in [9.17, 15) is 9.59 Å². The second-order valence-corrected chi connectivity index (χ2v) is 14.8. The van der Waals surface area contributed by atoms with Crippen LogP contribution in [0.5, 0.6) is 5.75 Å². The number of fused-ring (bicyclic) bond motifs is 7. The van der Waals surface area contributed by atoms with Crippen molar-refractivity contribution in [2.24, 2.45) is 5.92 Å². The monoisotopic (exact) mass is 693 g/mol. The molecule has 12 nitrogen and oxygen atoms in total. The smallest absolute Gasteiger partial charge is 0.249 e. The lowest BCUT2D eigenvalue weighted by atomic mass is 9.72. The molecule has 10 bridgehead atoms. The van der Waals surface area contributed by atoms with Crippen LogP contribution in [0, 0.1) is 5.92 Å². The van der Waals surface area contributed by atoms with Gasteiger partial charge in [0.05, 0.1) is 12.2 Å². The Hall–Kier alpha value is -5.88. The van der Waals surface area contributed by atoms with E-state index in [2.05, 4.69) is 68.7 Å². The average Bonchev–Trinajstić information content (AvgIpc) is 3.99. The summed E-state index contributed by atoms with van der Waals surface area (Å²) in [6, 6.07) is 16.8. The van der Waals surface area contributed by atoms with Gasteiger partial charge in [0.25, 0.3) is 0 Å². The molecule has 260 valence electrons. The Balaban J connectivity index is 1.20. The maximum atomic E-state index is 14.2. The van der Waals surface area contributed by atoms with E-state index >= 15 is 0 Å². The van der Waals surface area contributed by atoms with Gasteiger partial charge in [-0.25, -0.2) is 9.97 Å². The van der Waals surface area contributed by atoms with Crippen molar-refractivity contribution in [2.75, 3.05) is 11.9 Å². The molecular formula is C40H35N7O5. The predicted molar refractivity (Wildman–Crippen MR) is 191 cm³/mol. The van der Waals surface area contributed by atoms with Gasteiger partial charge in [-0.2, -0.15) is 0 Å². The molecule has 1 spiro atoms. The molecule has 5 N–H and O–H groups in total. The lowest BCUT2D eigenvalue weighted by Gasteiger charge is -2.29. The number of amides is 2. The lowest BCUT2D eigenvalue weighted by molar-refractivity contribution is -0.130. The standard InChI is InChI=1S/C40H35N7O5/c1-18(2)31-38-46-33-34(52-38)40-23-8-3-7-21(20-6-4-9-25-30(20)22(16-42-25)29-17-43-37(33)50-29)32(23)47-39(40)51-28-12-11-19(14-24(28)40)15-27(36(49)45-31)44-35(48)26-10-5-13-41-26/h3-4,6-9,11-12,14,16-18,26-27,31,39,41-42,47H,5,10,13,15H2,1-2H3,(H,44,48)(H,45,49)/t26-,27-,31?,39?,40?/m0/s1. The number of carbonyl (C=O) groups is 2. The van der Waals surface area contributed by atoms with E-state index in [1.807, 2.05) is 32.2 Å². The Kier molecular flexibility index (Phi) is 6.06. The number of anilines is 1. The third kappa shape index (κ3) is 3.95. The second-order valence-electron chi connectivity index (χ2n) is 14.8. The number of aromatic nitrogens is 3. The minimum absolute atomic E-state index is 0.119. The number of hydrogen-bond donors (Lipinski definition) is 5. The van der Waals surface area contributed by atoms with Gasteiger partial charge in [0.2, 0.25) is 23.6 Å². The number of aromatic amines is 1. The zero-order chi connectivity index (χ0) is 34.9. The van der Waals surface area contributed by atoms with Crippen molar-refractivity contribution in [3.05, 3.63) is 95.3 Å². The zero-order valence-electron chi connectivity index (χ0n) is 28.5. The van der Waals surface area contributed by atoms with E-state index in [1.54, 1.807) is 6.20 Å². The molecule has 5 aliphatic heterocycles. The number of H-pyrrole nitrogens is 1. The predicted octanol–water partition coefficient (Wildman–Crippen LogP) is 5.54. The number of nitrogens with zero attached hydrogens (tertiary/aromatic N) is 2. The third-order valence-corrected chi connectivity index (χ3v) is 11.5. The Labute approximate surface area is 297 Å². The zero-order valence-corrected chi connectivity index (χ0v) is 28.5. The molecule has 5 atom stereocenters. The van der Waals surface area contributed by atoms with Gasteiger partial charge in [-0.05, 0) is 48.6 Å². The van der Waals surface area contributed by atoms with Gasteiger partial charge >= 0.3 is 0 Å². The fraction of sp³-hybridized carbons (Fsp3) is 0.300. The Morgan fingerprint density at radius 2 is 1.90 bits per heavy atom. The van der Waals surface area contributed by atoms with Crippen LogP contribution >= 0.6 is 0 Å². The maximum Gasteiger partial charge on any atom is 0.249 e. The van der Waals surface area contributed by atoms with Crippen LogP contribution < -0.4 is 26.0 Å². The highest BCUT2D eigenvalue weighted by molar-refractivity contribution is 6.07. The fourth-order valence-corrected chi connectivity index (χ4v) is 9.04. The van der Waals surface area contributed by atoms with E-state index in [4.69, 9.17) is 23.5 Å². The van der Waals surface area contributed by atoms with Crippen LogP contribution in [0.15, 0.2) is 75.8 Å². The first kappa shape index (κ1) is 29.8. The first-order valence-corrected chi connectivity index (χ1v) is 18.0. The van der Waals surface area contributed by atoms with Crippen LogP contribution in [0.1, 0.15) is 61.1 Å². The summed E-state index contributed by atoms with van der Waals surface area (Å²) in [5.74, 6) is 1.80. The molecule has 3 aromatic carbocycles. The third-order valence-electron chi connectivity index (χ3n) is 11.5. The van der Waals surface area contributed by atoms with Crippen molar-refractivity contribution in [2.45, 2.75) is 62.9 Å². The van der Waals surface area contributed by atoms with Crippen molar-refractivity contribution in [3.8, 4) is 39.8 Å². The molecule has 0 saturated carbocycles. The largest absolute Gasteiger partial charge is 0.469 e. The van der Waals surface area contributed by atoms with Gasteiger partial charge in [-0.15, -0.1) is 0 Å². The van der Waals surface area contributed by atoms with Crippen molar-refractivity contribution in [1.82, 2.24) is 30.9 Å². The SMILES string of the molecule is CC(C)C1NC(=O)[C@@H](NC(=O)[C@@H]2CCCN2)Cc2ccc3c(c2)C24c5cccc(c5NC2O3)-c2cccc3[nH]cc(c23)-c2cnc(o2)-c2nc1oc24. The van der Waals surface area contributed by atoms with Crippen LogP contribution in [-0.4, -0.2) is 51.6 Å². The molecule has 2 amide bonds. The van der Waals surface area contributed by atoms with E-state index in [-0.39, 0.29) is 30.2 Å². The van der Waals surface area contributed by atoms with Gasteiger partial charge in [0.15, 0.2) is 23.4 Å². The first-order valence-electron chi connectivity index (χ1n) is 18.0. The molecule has 5 aliphatic rings. The van der Waals surface area contributed by atoms with Crippen LogP contribution in [0.4, 0.5) is 5.69 Å². The van der Waals surface area contributed by atoms with Gasteiger partial charge in [0.1, 0.15) is 23.2 Å². The summed E-state index contributed by atoms with van der Waals surface area (Å²) in [5.41, 5.74) is 6.97. The van der Waals surface area contributed by atoms with Crippen molar-refractivity contribution < 1.29 is 23.2 Å². The number of carbonyl (C=O) groups excluding carboxylic acids is 2. The average molecular weight is 694 g/mol. The summed E-state index contributed by atoms with van der Waals surface area (Å²) >= 11 is 0. The van der Waals surface area contributed by atoms with Crippen LogP contribution in [-0.2, 0) is 21.4 Å². The maximum absolute atomic E-state index is 14.2. The van der Waals surface area contributed by atoms with Crippen LogP contribution in [0.3, 0.4) is 0 Å². The normalized spacial score (nSPS) is 24.8. The molecular weight excluding hydrogens is 658 g/mol. The minimum atomic E-state index is -1.02. The number of oxazole rings is 2. The Morgan fingerprint density at radius 1 is 1.02 bits per heavy atom. The fourth-order valence-electron chi connectivity index (χ4n) is 9.04. The van der Waals surface area contributed by atoms with E-state index in [1.165, 1.54) is 0 Å². The van der Waals surface area contributed by atoms with Gasteiger partial charge < -0.3 is 39.8 Å². The molecule has 3 aromatic heterocycles. The summed E-state index contributed by atoms with van der Waals surface area (Å²) in [7, 11) is 0.